The highest BCUT2D eigenvalue weighted by Crippen LogP contribution is 2.25. The molecule has 3 N–H and O–H groups in total. The van der Waals surface area contributed by atoms with E-state index in [9.17, 15) is 9.59 Å². The fourth-order valence-electron chi connectivity index (χ4n) is 2.88. The second-order valence-electron chi connectivity index (χ2n) is 5.60. The average molecular weight is 286 g/mol. The molecule has 6 nitrogen and oxygen atoms in total. The van der Waals surface area contributed by atoms with Crippen molar-refractivity contribution in [2.24, 2.45) is 11.7 Å². The third-order valence-electron chi connectivity index (χ3n) is 4.22. The maximum absolute atomic E-state index is 12.7. The number of aromatic nitrogens is 2. The molecule has 6 heteroatoms. The normalized spacial score (nSPS) is 22.4. The maximum Gasteiger partial charge on any atom is 0.275 e. The minimum Gasteiger partial charge on any atom is -0.369 e. The summed E-state index contributed by atoms with van der Waals surface area (Å²) in [6.07, 6.45) is 1.52. The number of H-pyrrole nitrogens is 1. The van der Waals surface area contributed by atoms with E-state index in [1.807, 2.05) is 31.2 Å². The number of nitrogens with two attached hydrogens (primary N) is 1. The van der Waals surface area contributed by atoms with E-state index >= 15 is 0 Å². The number of para-hydroxylation sites is 1. The van der Waals surface area contributed by atoms with E-state index < -0.39 is 0 Å². The molecular weight excluding hydrogens is 268 g/mol. The van der Waals surface area contributed by atoms with Crippen molar-refractivity contribution in [3.8, 4) is 0 Å². The summed E-state index contributed by atoms with van der Waals surface area (Å²) in [4.78, 5) is 25.8. The second kappa shape index (κ2) is 5.20. The lowest BCUT2D eigenvalue weighted by Crippen LogP contribution is -2.48. The largest absolute Gasteiger partial charge is 0.369 e. The summed E-state index contributed by atoms with van der Waals surface area (Å²) in [5, 5.41) is 7.81. The van der Waals surface area contributed by atoms with E-state index in [1.54, 1.807) is 4.90 Å². The summed E-state index contributed by atoms with van der Waals surface area (Å²) < 4.78 is 0. The van der Waals surface area contributed by atoms with Crippen LogP contribution in [0.4, 0.5) is 0 Å². The first-order valence-corrected chi connectivity index (χ1v) is 7.11. The van der Waals surface area contributed by atoms with E-state index in [0.29, 0.717) is 12.2 Å². The van der Waals surface area contributed by atoms with Gasteiger partial charge in [-0.3, -0.25) is 14.7 Å². The van der Waals surface area contributed by atoms with Gasteiger partial charge in [0.05, 0.1) is 11.4 Å². The molecule has 2 atom stereocenters. The number of hydrogen-bond acceptors (Lipinski definition) is 3. The Balaban J connectivity index is 1.91. The molecular formula is C15H18N4O2. The van der Waals surface area contributed by atoms with Gasteiger partial charge >= 0.3 is 0 Å². The fourth-order valence-corrected chi connectivity index (χ4v) is 2.88. The third kappa shape index (κ3) is 2.37. The number of benzene rings is 1. The van der Waals surface area contributed by atoms with Crippen LogP contribution in [0, 0.1) is 5.92 Å². The molecule has 0 spiro atoms. The number of carbonyl (C=O) groups excluding carboxylic acids is 2. The maximum atomic E-state index is 12.7. The van der Waals surface area contributed by atoms with E-state index in [4.69, 9.17) is 5.73 Å². The molecule has 2 aromatic rings. The smallest absolute Gasteiger partial charge is 0.275 e. The number of rotatable bonds is 2. The van der Waals surface area contributed by atoms with Crippen molar-refractivity contribution in [2.45, 2.75) is 25.8 Å². The Hall–Kier alpha value is -2.37. The number of hydrogen-bond donors (Lipinski definition) is 2. The van der Waals surface area contributed by atoms with Gasteiger partial charge in [-0.2, -0.15) is 5.10 Å². The lowest BCUT2D eigenvalue weighted by atomic mass is 9.92. The molecule has 1 aliphatic rings. The monoisotopic (exact) mass is 286 g/mol. The van der Waals surface area contributed by atoms with Gasteiger partial charge in [0.1, 0.15) is 0 Å². The Morgan fingerprint density at radius 2 is 2.10 bits per heavy atom. The van der Waals surface area contributed by atoms with Crippen molar-refractivity contribution < 1.29 is 9.59 Å². The van der Waals surface area contributed by atoms with Crippen molar-refractivity contribution >= 4 is 22.7 Å². The minimum atomic E-state index is -0.341. The molecule has 1 aliphatic heterocycles. The number of nitrogens with one attached hydrogen (secondary N) is 1. The molecule has 110 valence electrons. The average Bonchev–Trinajstić information content (AvgIpc) is 2.90. The highest BCUT2D eigenvalue weighted by molar-refractivity contribution is 6.04. The molecule has 1 saturated heterocycles. The number of amides is 2. The SMILES string of the molecule is C[C@@H]1CC[C@@H](C(N)=O)CN1C(=O)c1n[nH]c2ccccc12. The fraction of sp³-hybridized carbons (Fsp3) is 0.400. The van der Waals surface area contributed by atoms with Crippen LogP contribution in [0.2, 0.25) is 0 Å². The van der Waals surface area contributed by atoms with Crippen LogP contribution in [-0.2, 0) is 4.79 Å². The summed E-state index contributed by atoms with van der Waals surface area (Å²) in [7, 11) is 0. The number of piperidine rings is 1. The van der Waals surface area contributed by atoms with Crippen molar-refractivity contribution in [3.63, 3.8) is 0 Å². The number of nitrogens with zero attached hydrogens (tertiary/aromatic N) is 2. The van der Waals surface area contributed by atoms with Crippen LogP contribution in [0.5, 0.6) is 0 Å². The number of fused-ring (bicyclic) bond motifs is 1. The molecule has 21 heavy (non-hydrogen) atoms. The van der Waals surface area contributed by atoms with Crippen LogP contribution >= 0.6 is 0 Å². The van der Waals surface area contributed by atoms with Crippen molar-refractivity contribution in [1.82, 2.24) is 15.1 Å². The van der Waals surface area contributed by atoms with Crippen LogP contribution in [0.3, 0.4) is 0 Å². The topological polar surface area (TPSA) is 92.1 Å². The van der Waals surface area contributed by atoms with Crippen molar-refractivity contribution in [2.75, 3.05) is 6.54 Å². The van der Waals surface area contributed by atoms with Gasteiger partial charge in [-0.05, 0) is 25.8 Å². The van der Waals surface area contributed by atoms with Crippen LogP contribution < -0.4 is 5.73 Å². The molecule has 0 bridgehead atoms. The zero-order valence-electron chi connectivity index (χ0n) is 11.9. The Morgan fingerprint density at radius 3 is 2.86 bits per heavy atom. The third-order valence-corrected chi connectivity index (χ3v) is 4.22. The highest BCUT2D eigenvalue weighted by atomic mass is 16.2. The first-order chi connectivity index (χ1) is 10.1. The van der Waals surface area contributed by atoms with Crippen molar-refractivity contribution in [1.29, 1.82) is 0 Å². The summed E-state index contributed by atoms with van der Waals surface area (Å²) >= 11 is 0. The number of aromatic amines is 1. The lowest BCUT2D eigenvalue weighted by Gasteiger charge is -2.36. The van der Waals surface area contributed by atoms with Crippen molar-refractivity contribution in [3.05, 3.63) is 30.0 Å². The predicted molar refractivity (Wildman–Crippen MR) is 78.5 cm³/mol. The van der Waals surface area contributed by atoms with Gasteiger partial charge in [-0.1, -0.05) is 18.2 Å². The second-order valence-corrected chi connectivity index (χ2v) is 5.60. The number of primary amides is 1. The molecule has 1 aromatic carbocycles. The molecule has 1 fully saturated rings. The summed E-state index contributed by atoms with van der Waals surface area (Å²) in [5.74, 6) is -0.757. The number of carbonyl (C=O) groups is 2. The Kier molecular flexibility index (Phi) is 3.37. The quantitative estimate of drug-likeness (QED) is 0.871. The summed E-state index contributed by atoms with van der Waals surface area (Å²) in [6.45, 7) is 2.36. The van der Waals surface area contributed by atoms with Gasteiger partial charge in [0.2, 0.25) is 5.91 Å². The van der Waals surface area contributed by atoms with Crippen LogP contribution in [0.1, 0.15) is 30.3 Å². The molecule has 3 rings (SSSR count). The van der Waals surface area contributed by atoms with Gasteiger partial charge in [0, 0.05) is 18.0 Å². The molecule has 0 unspecified atom stereocenters. The standard InChI is InChI=1S/C15H18N4O2/c1-9-6-7-10(14(16)20)8-19(9)15(21)13-11-4-2-3-5-12(11)17-18-13/h2-5,9-10H,6-8H2,1H3,(H2,16,20)(H,17,18)/t9-,10-/m1/s1. The van der Waals surface area contributed by atoms with E-state index in [2.05, 4.69) is 10.2 Å². The molecule has 0 aliphatic carbocycles. The highest BCUT2D eigenvalue weighted by Gasteiger charge is 2.33. The van der Waals surface area contributed by atoms with Crippen LogP contribution in [0.25, 0.3) is 10.9 Å². The molecule has 1 aromatic heterocycles. The Labute approximate surface area is 122 Å². The van der Waals surface area contributed by atoms with E-state index in [-0.39, 0.29) is 23.8 Å². The van der Waals surface area contributed by atoms with Gasteiger partial charge in [0.25, 0.3) is 5.91 Å². The predicted octanol–water partition coefficient (Wildman–Crippen LogP) is 1.29. The van der Waals surface area contributed by atoms with Gasteiger partial charge in [-0.25, -0.2) is 0 Å². The number of likely N-dealkylation sites (tertiary alicyclic amines) is 1. The molecule has 2 heterocycles. The first kappa shape index (κ1) is 13.6. The van der Waals surface area contributed by atoms with Crippen LogP contribution in [0.15, 0.2) is 24.3 Å². The van der Waals surface area contributed by atoms with Gasteiger partial charge in [-0.15, -0.1) is 0 Å². The van der Waals surface area contributed by atoms with Gasteiger partial charge in [0.15, 0.2) is 5.69 Å². The first-order valence-electron chi connectivity index (χ1n) is 7.11. The molecule has 0 radical (unpaired) electrons. The zero-order valence-corrected chi connectivity index (χ0v) is 11.9. The van der Waals surface area contributed by atoms with Gasteiger partial charge < -0.3 is 10.6 Å². The minimum absolute atomic E-state index is 0.0866. The Bertz CT molecular complexity index is 694. The zero-order chi connectivity index (χ0) is 15.0. The summed E-state index contributed by atoms with van der Waals surface area (Å²) in [5.41, 5.74) is 6.62. The van der Waals surface area contributed by atoms with Crippen LogP contribution in [-0.4, -0.2) is 39.5 Å². The lowest BCUT2D eigenvalue weighted by molar-refractivity contribution is -0.123. The van der Waals surface area contributed by atoms with E-state index in [0.717, 1.165) is 23.7 Å². The molecule has 0 saturated carbocycles. The Morgan fingerprint density at radius 1 is 1.33 bits per heavy atom. The summed E-state index contributed by atoms with van der Waals surface area (Å²) in [6, 6.07) is 7.60. The van der Waals surface area contributed by atoms with E-state index in [1.165, 1.54) is 0 Å². The molecule has 2 amide bonds.